The molecule has 3 nitrogen and oxygen atoms in total. The van der Waals surface area contributed by atoms with Gasteiger partial charge in [0.15, 0.2) is 0 Å². The molecule has 1 unspecified atom stereocenters. The smallest absolute Gasteiger partial charge is 0.354 e. The SMILES string of the molecule is CNC(C)CNC(=O)CSC(F)(F)F. The van der Waals surface area contributed by atoms with E-state index in [-0.39, 0.29) is 17.8 Å². The van der Waals surface area contributed by atoms with Crippen LogP contribution in [-0.4, -0.2) is 36.8 Å². The molecular formula is C7H13F3N2OS. The molecule has 0 aliphatic carbocycles. The first-order valence-corrected chi connectivity index (χ1v) is 4.98. The molecule has 0 aromatic heterocycles. The molecule has 0 saturated carbocycles. The second kappa shape index (κ2) is 6.13. The van der Waals surface area contributed by atoms with Crippen molar-refractivity contribution in [1.29, 1.82) is 0 Å². The molecule has 1 amide bonds. The average Bonchev–Trinajstić information content (AvgIpc) is 2.09. The highest BCUT2D eigenvalue weighted by atomic mass is 32.2. The third-order valence-corrected chi connectivity index (χ3v) is 2.20. The fourth-order valence-corrected chi connectivity index (χ4v) is 0.964. The van der Waals surface area contributed by atoms with Gasteiger partial charge in [0.2, 0.25) is 5.91 Å². The van der Waals surface area contributed by atoms with Crippen LogP contribution in [0.4, 0.5) is 13.2 Å². The minimum Gasteiger partial charge on any atom is -0.354 e. The van der Waals surface area contributed by atoms with Crippen molar-refractivity contribution < 1.29 is 18.0 Å². The zero-order valence-electron chi connectivity index (χ0n) is 7.94. The first kappa shape index (κ1) is 13.6. The van der Waals surface area contributed by atoms with E-state index in [9.17, 15) is 18.0 Å². The van der Waals surface area contributed by atoms with E-state index < -0.39 is 17.2 Å². The summed E-state index contributed by atoms with van der Waals surface area (Å²) in [5.74, 6) is -1.19. The highest BCUT2D eigenvalue weighted by Gasteiger charge is 2.29. The molecular weight excluding hydrogens is 217 g/mol. The summed E-state index contributed by atoms with van der Waals surface area (Å²) < 4.78 is 35.0. The largest absolute Gasteiger partial charge is 0.442 e. The molecule has 0 bridgehead atoms. The van der Waals surface area contributed by atoms with Gasteiger partial charge in [-0.3, -0.25) is 4.79 Å². The molecule has 0 fully saturated rings. The van der Waals surface area contributed by atoms with Gasteiger partial charge in [-0.2, -0.15) is 13.2 Å². The molecule has 14 heavy (non-hydrogen) atoms. The van der Waals surface area contributed by atoms with Gasteiger partial charge in [-0.1, -0.05) is 0 Å². The summed E-state index contributed by atoms with van der Waals surface area (Å²) in [6.45, 7) is 2.14. The van der Waals surface area contributed by atoms with Gasteiger partial charge in [-0.25, -0.2) is 0 Å². The number of hydrogen-bond acceptors (Lipinski definition) is 3. The lowest BCUT2D eigenvalue weighted by Crippen LogP contribution is -2.38. The maximum atomic E-state index is 11.7. The third-order valence-electron chi connectivity index (χ3n) is 1.47. The van der Waals surface area contributed by atoms with Gasteiger partial charge >= 0.3 is 5.51 Å². The predicted octanol–water partition coefficient (Wildman–Crippen LogP) is 0.964. The van der Waals surface area contributed by atoms with Crippen LogP contribution in [0.2, 0.25) is 0 Å². The molecule has 0 radical (unpaired) electrons. The lowest BCUT2D eigenvalue weighted by molar-refractivity contribution is -0.118. The standard InChI is InChI=1S/C7H13F3N2OS/c1-5(11-2)3-12-6(13)4-14-7(8,9)10/h5,11H,3-4H2,1-2H3,(H,12,13). The van der Waals surface area contributed by atoms with Crippen molar-refractivity contribution in [2.75, 3.05) is 19.3 Å². The molecule has 0 spiro atoms. The van der Waals surface area contributed by atoms with Gasteiger partial charge in [0.25, 0.3) is 0 Å². The zero-order valence-corrected chi connectivity index (χ0v) is 8.76. The molecule has 0 aromatic carbocycles. The quantitative estimate of drug-likeness (QED) is 0.739. The topological polar surface area (TPSA) is 41.1 Å². The number of carbonyl (C=O) groups excluding carboxylic acids is 1. The van der Waals surface area contributed by atoms with Crippen LogP contribution in [0.1, 0.15) is 6.92 Å². The van der Waals surface area contributed by atoms with Crippen molar-refractivity contribution in [3.63, 3.8) is 0 Å². The maximum Gasteiger partial charge on any atom is 0.442 e. The molecule has 84 valence electrons. The van der Waals surface area contributed by atoms with Crippen molar-refractivity contribution in [2.24, 2.45) is 0 Å². The van der Waals surface area contributed by atoms with E-state index in [2.05, 4.69) is 10.6 Å². The van der Waals surface area contributed by atoms with Crippen molar-refractivity contribution in [3.05, 3.63) is 0 Å². The van der Waals surface area contributed by atoms with E-state index >= 15 is 0 Å². The Balaban J connectivity index is 3.57. The van der Waals surface area contributed by atoms with E-state index in [1.165, 1.54) is 0 Å². The first-order chi connectivity index (χ1) is 6.35. The molecule has 0 aliphatic heterocycles. The van der Waals surface area contributed by atoms with Crippen molar-refractivity contribution >= 4 is 17.7 Å². The van der Waals surface area contributed by atoms with Crippen molar-refractivity contribution in [2.45, 2.75) is 18.5 Å². The Bertz CT molecular complexity index is 186. The van der Waals surface area contributed by atoms with Gasteiger partial charge in [0.05, 0.1) is 5.75 Å². The van der Waals surface area contributed by atoms with Crippen molar-refractivity contribution in [1.82, 2.24) is 10.6 Å². The molecule has 0 heterocycles. The fraction of sp³-hybridized carbons (Fsp3) is 0.857. The van der Waals surface area contributed by atoms with Crippen LogP contribution in [0.3, 0.4) is 0 Å². The lowest BCUT2D eigenvalue weighted by atomic mass is 10.3. The molecule has 0 aromatic rings. The van der Waals surface area contributed by atoms with Crippen LogP contribution < -0.4 is 10.6 Å². The number of hydrogen-bond donors (Lipinski definition) is 2. The summed E-state index contributed by atoms with van der Waals surface area (Å²) in [5, 5.41) is 5.23. The Labute approximate surface area is 84.8 Å². The summed E-state index contributed by atoms with van der Waals surface area (Å²) in [5.41, 5.74) is -4.34. The summed E-state index contributed by atoms with van der Waals surface area (Å²) in [6, 6.07) is 0.0508. The molecule has 1 atom stereocenters. The van der Waals surface area contributed by atoms with Crippen LogP contribution in [0.15, 0.2) is 0 Å². The highest BCUT2D eigenvalue weighted by Crippen LogP contribution is 2.29. The minimum absolute atomic E-state index is 0.0508. The van der Waals surface area contributed by atoms with E-state index in [1.54, 1.807) is 7.05 Å². The Morgan fingerprint density at radius 1 is 1.50 bits per heavy atom. The number of likely N-dealkylation sites (N-methyl/N-ethyl adjacent to an activating group) is 1. The van der Waals surface area contributed by atoms with E-state index in [0.29, 0.717) is 6.54 Å². The monoisotopic (exact) mass is 230 g/mol. The number of carbonyl (C=O) groups is 1. The summed E-state index contributed by atoms with van der Waals surface area (Å²) in [6.07, 6.45) is 0. The van der Waals surface area contributed by atoms with Crippen molar-refractivity contribution in [3.8, 4) is 0 Å². The van der Waals surface area contributed by atoms with Gasteiger partial charge in [0, 0.05) is 12.6 Å². The van der Waals surface area contributed by atoms with Gasteiger partial charge in [0.1, 0.15) is 0 Å². The van der Waals surface area contributed by atoms with E-state index in [0.717, 1.165) is 0 Å². The zero-order chi connectivity index (χ0) is 11.2. The predicted molar refractivity (Wildman–Crippen MR) is 50.0 cm³/mol. The molecule has 7 heteroatoms. The molecule has 0 saturated heterocycles. The Kier molecular flexibility index (Phi) is 5.94. The second-order valence-electron chi connectivity index (χ2n) is 2.73. The number of nitrogens with one attached hydrogen (secondary N) is 2. The number of amides is 1. The number of rotatable bonds is 5. The van der Waals surface area contributed by atoms with Gasteiger partial charge in [-0.05, 0) is 25.7 Å². The summed E-state index contributed by atoms with van der Waals surface area (Å²) in [4.78, 5) is 10.9. The van der Waals surface area contributed by atoms with Gasteiger partial charge < -0.3 is 10.6 Å². The molecule has 2 N–H and O–H groups in total. The van der Waals surface area contributed by atoms with Crippen LogP contribution >= 0.6 is 11.8 Å². The number of halogens is 3. The van der Waals surface area contributed by atoms with E-state index in [4.69, 9.17) is 0 Å². The van der Waals surface area contributed by atoms with Crippen LogP contribution in [0.5, 0.6) is 0 Å². The Morgan fingerprint density at radius 3 is 2.50 bits per heavy atom. The van der Waals surface area contributed by atoms with Gasteiger partial charge in [-0.15, -0.1) is 0 Å². The fourth-order valence-electron chi connectivity index (χ4n) is 0.567. The molecule has 0 rings (SSSR count). The van der Waals surface area contributed by atoms with Crippen LogP contribution in [0.25, 0.3) is 0 Å². The normalized spacial score (nSPS) is 13.8. The Morgan fingerprint density at radius 2 is 2.07 bits per heavy atom. The minimum atomic E-state index is -4.34. The molecule has 0 aliphatic rings. The number of alkyl halides is 3. The van der Waals surface area contributed by atoms with E-state index in [1.807, 2.05) is 6.92 Å². The average molecular weight is 230 g/mol. The lowest BCUT2D eigenvalue weighted by Gasteiger charge is -2.11. The first-order valence-electron chi connectivity index (χ1n) is 4.00. The summed E-state index contributed by atoms with van der Waals surface area (Å²) in [7, 11) is 1.71. The van der Waals surface area contributed by atoms with Crippen LogP contribution in [0, 0.1) is 0 Å². The summed E-state index contributed by atoms with van der Waals surface area (Å²) >= 11 is -0.332. The highest BCUT2D eigenvalue weighted by molar-refractivity contribution is 8.00. The third kappa shape index (κ3) is 8.18. The number of thioether (sulfide) groups is 1. The maximum absolute atomic E-state index is 11.7. The second-order valence-corrected chi connectivity index (χ2v) is 3.77. The van der Waals surface area contributed by atoms with Crippen LogP contribution in [-0.2, 0) is 4.79 Å². The Hall–Kier alpha value is -0.430.